The van der Waals surface area contributed by atoms with Crippen molar-refractivity contribution in [3.63, 3.8) is 0 Å². The van der Waals surface area contributed by atoms with Gasteiger partial charge < -0.3 is 4.74 Å². The molecule has 0 atom stereocenters. The maximum atomic E-state index is 5.13. The Balaban J connectivity index is 1.84. The predicted octanol–water partition coefficient (Wildman–Crippen LogP) is 0.803. The maximum absolute atomic E-state index is 5.13. The van der Waals surface area contributed by atoms with Gasteiger partial charge in [-0.15, -0.1) is 0 Å². The fourth-order valence-electron chi connectivity index (χ4n) is 2.62. The van der Waals surface area contributed by atoms with Gasteiger partial charge >= 0.3 is 0 Å². The molecule has 1 saturated heterocycles. The summed E-state index contributed by atoms with van der Waals surface area (Å²) in [6.07, 6.45) is 2.81. The number of nitrogens with zero attached hydrogens (tertiary/aromatic N) is 2. The van der Waals surface area contributed by atoms with E-state index in [1.807, 2.05) is 0 Å². The van der Waals surface area contributed by atoms with Crippen molar-refractivity contribution in [1.29, 1.82) is 0 Å². The molecule has 3 heteroatoms. The summed E-state index contributed by atoms with van der Waals surface area (Å²) in [7, 11) is 1.79. The highest BCUT2D eigenvalue weighted by molar-refractivity contribution is 5.07. The molecular formula is C11H22N2O. The smallest absolute Gasteiger partial charge is 0.0589 e. The molecule has 2 rings (SSSR count). The molecule has 0 unspecified atom stereocenters. The molecule has 82 valence electrons. The van der Waals surface area contributed by atoms with Crippen LogP contribution in [0.4, 0.5) is 0 Å². The molecule has 0 bridgehead atoms. The van der Waals surface area contributed by atoms with Gasteiger partial charge in [-0.2, -0.15) is 0 Å². The molecule has 0 aromatic carbocycles. The number of hydrogen-bond donors (Lipinski definition) is 0. The minimum atomic E-state index is 0.570. The number of ether oxygens (including phenoxy) is 1. The molecule has 2 fully saturated rings. The lowest BCUT2D eigenvalue weighted by molar-refractivity contribution is 0.0470. The van der Waals surface area contributed by atoms with Gasteiger partial charge in [0.2, 0.25) is 0 Å². The van der Waals surface area contributed by atoms with Crippen molar-refractivity contribution >= 4 is 0 Å². The van der Waals surface area contributed by atoms with Gasteiger partial charge in [-0.25, -0.2) is 0 Å². The van der Waals surface area contributed by atoms with E-state index in [1.165, 1.54) is 39.0 Å². The lowest BCUT2D eigenvalue weighted by atomic mass is 10.1. The highest BCUT2D eigenvalue weighted by atomic mass is 16.5. The monoisotopic (exact) mass is 198 g/mol. The van der Waals surface area contributed by atoms with Gasteiger partial charge in [0.1, 0.15) is 0 Å². The summed E-state index contributed by atoms with van der Waals surface area (Å²) in [6, 6.07) is 0. The van der Waals surface area contributed by atoms with Crippen molar-refractivity contribution in [2.24, 2.45) is 0 Å². The molecule has 1 heterocycles. The van der Waals surface area contributed by atoms with Crippen LogP contribution in [0.3, 0.4) is 0 Å². The van der Waals surface area contributed by atoms with Crippen molar-refractivity contribution in [2.45, 2.75) is 25.3 Å². The molecule has 1 spiro atoms. The van der Waals surface area contributed by atoms with E-state index in [0.29, 0.717) is 5.54 Å². The van der Waals surface area contributed by atoms with Gasteiger partial charge in [0.25, 0.3) is 0 Å². The molecule has 1 aliphatic heterocycles. The van der Waals surface area contributed by atoms with Crippen molar-refractivity contribution in [2.75, 3.05) is 46.4 Å². The van der Waals surface area contributed by atoms with E-state index in [0.717, 1.165) is 13.2 Å². The van der Waals surface area contributed by atoms with Gasteiger partial charge in [0, 0.05) is 38.8 Å². The second-order valence-electron chi connectivity index (χ2n) is 4.57. The standard InChI is InChI=1S/C11H22N2O/c1-3-13-7-6-12(8-9-14-2)10-11(13)4-5-11/h3-10H2,1-2H3. The molecule has 0 radical (unpaired) electrons. The number of methoxy groups -OCH3 is 1. The molecular weight excluding hydrogens is 176 g/mol. The Morgan fingerprint density at radius 1 is 1.29 bits per heavy atom. The summed E-state index contributed by atoms with van der Waals surface area (Å²) in [4.78, 5) is 5.22. The maximum Gasteiger partial charge on any atom is 0.0589 e. The molecule has 0 aromatic rings. The van der Waals surface area contributed by atoms with Crippen LogP contribution in [0.1, 0.15) is 19.8 Å². The summed E-state index contributed by atoms with van der Waals surface area (Å²) in [6.45, 7) is 9.23. The number of hydrogen-bond acceptors (Lipinski definition) is 3. The first kappa shape index (κ1) is 10.4. The van der Waals surface area contributed by atoms with Crippen molar-refractivity contribution in [3.05, 3.63) is 0 Å². The number of rotatable bonds is 4. The first-order chi connectivity index (χ1) is 6.80. The summed E-state index contributed by atoms with van der Waals surface area (Å²) >= 11 is 0. The zero-order valence-corrected chi connectivity index (χ0v) is 9.46. The minimum absolute atomic E-state index is 0.570. The average molecular weight is 198 g/mol. The van der Waals surface area contributed by atoms with Gasteiger partial charge in [0.15, 0.2) is 0 Å². The van der Waals surface area contributed by atoms with Gasteiger partial charge in [-0.05, 0) is 19.4 Å². The minimum Gasteiger partial charge on any atom is -0.383 e. The van der Waals surface area contributed by atoms with E-state index < -0.39 is 0 Å². The van der Waals surface area contributed by atoms with E-state index in [2.05, 4.69) is 16.7 Å². The van der Waals surface area contributed by atoms with Crippen molar-refractivity contribution in [3.8, 4) is 0 Å². The molecule has 0 aromatic heterocycles. The Bertz CT molecular complexity index is 192. The van der Waals surface area contributed by atoms with Crippen LogP contribution in [0.5, 0.6) is 0 Å². The normalized spacial score (nSPS) is 27.0. The SMILES string of the molecule is CCN1CCN(CCOC)CC12CC2. The summed E-state index contributed by atoms with van der Waals surface area (Å²) in [5.74, 6) is 0. The van der Waals surface area contributed by atoms with Crippen LogP contribution in [0.15, 0.2) is 0 Å². The van der Waals surface area contributed by atoms with Crippen LogP contribution >= 0.6 is 0 Å². The van der Waals surface area contributed by atoms with Crippen LogP contribution in [-0.2, 0) is 4.74 Å². The Kier molecular flexibility index (Phi) is 3.10. The number of likely N-dealkylation sites (N-methyl/N-ethyl adjacent to an activating group) is 1. The van der Waals surface area contributed by atoms with E-state index in [4.69, 9.17) is 4.74 Å². The Labute approximate surface area is 87.0 Å². The van der Waals surface area contributed by atoms with Gasteiger partial charge in [-0.1, -0.05) is 6.92 Å². The Hall–Kier alpha value is -0.120. The van der Waals surface area contributed by atoms with Gasteiger partial charge in [-0.3, -0.25) is 9.80 Å². The second-order valence-corrected chi connectivity index (χ2v) is 4.57. The molecule has 0 amide bonds. The quantitative estimate of drug-likeness (QED) is 0.664. The topological polar surface area (TPSA) is 15.7 Å². The first-order valence-corrected chi connectivity index (χ1v) is 5.77. The summed E-state index contributed by atoms with van der Waals surface area (Å²) in [5, 5.41) is 0. The van der Waals surface area contributed by atoms with Crippen molar-refractivity contribution in [1.82, 2.24) is 9.80 Å². The van der Waals surface area contributed by atoms with Crippen molar-refractivity contribution < 1.29 is 4.74 Å². The van der Waals surface area contributed by atoms with E-state index in [1.54, 1.807) is 7.11 Å². The number of piperazine rings is 1. The third kappa shape index (κ3) is 1.95. The fraction of sp³-hybridized carbons (Fsp3) is 1.00. The van der Waals surface area contributed by atoms with Crippen LogP contribution in [0, 0.1) is 0 Å². The zero-order valence-electron chi connectivity index (χ0n) is 9.46. The average Bonchev–Trinajstić information content (AvgIpc) is 2.96. The molecule has 1 saturated carbocycles. The Morgan fingerprint density at radius 3 is 2.64 bits per heavy atom. The molecule has 3 nitrogen and oxygen atoms in total. The molecule has 0 N–H and O–H groups in total. The van der Waals surface area contributed by atoms with E-state index in [-0.39, 0.29) is 0 Å². The lowest BCUT2D eigenvalue weighted by Crippen LogP contribution is -2.55. The largest absolute Gasteiger partial charge is 0.383 e. The van der Waals surface area contributed by atoms with Gasteiger partial charge in [0.05, 0.1) is 6.61 Å². The molecule has 14 heavy (non-hydrogen) atoms. The Morgan fingerprint density at radius 2 is 2.07 bits per heavy atom. The highest BCUT2D eigenvalue weighted by Crippen LogP contribution is 2.43. The predicted molar refractivity (Wildman–Crippen MR) is 57.5 cm³/mol. The molecule has 1 aliphatic carbocycles. The van der Waals surface area contributed by atoms with E-state index >= 15 is 0 Å². The first-order valence-electron chi connectivity index (χ1n) is 5.77. The summed E-state index contributed by atoms with van der Waals surface area (Å²) in [5.41, 5.74) is 0.570. The fourth-order valence-corrected chi connectivity index (χ4v) is 2.62. The van der Waals surface area contributed by atoms with Crippen LogP contribution in [0.2, 0.25) is 0 Å². The highest BCUT2D eigenvalue weighted by Gasteiger charge is 2.50. The van der Waals surface area contributed by atoms with Crippen LogP contribution in [0.25, 0.3) is 0 Å². The third-order valence-electron chi connectivity index (χ3n) is 3.70. The van der Waals surface area contributed by atoms with Crippen LogP contribution < -0.4 is 0 Å². The lowest BCUT2D eigenvalue weighted by Gasteiger charge is -2.41. The van der Waals surface area contributed by atoms with Crippen LogP contribution in [-0.4, -0.2) is 61.8 Å². The summed E-state index contributed by atoms with van der Waals surface area (Å²) < 4.78 is 5.13. The van der Waals surface area contributed by atoms with E-state index in [9.17, 15) is 0 Å². The third-order valence-corrected chi connectivity index (χ3v) is 3.70. The molecule has 2 aliphatic rings. The second kappa shape index (κ2) is 4.17. The zero-order chi connectivity index (χ0) is 10.0.